The Bertz CT molecular complexity index is 295. The fourth-order valence-electron chi connectivity index (χ4n) is 0.981. The van der Waals surface area contributed by atoms with Crippen LogP contribution in [0.4, 0.5) is 4.39 Å². The number of ether oxygens (including phenoxy) is 1. The van der Waals surface area contributed by atoms with E-state index in [2.05, 4.69) is 4.98 Å². The summed E-state index contributed by atoms with van der Waals surface area (Å²) in [6, 6.07) is 0.895. The third-order valence-corrected chi connectivity index (χ3v) is 1.80. The summed E-state index contributed by atoms with van der Waals surface area (Å²) in [5.74, 6) is -0.464. The van der Waals surface area contributed by atoms with Gasteiger partial charge in [-0.05, 0) is 6.07 Å². The maximum atomic E-state index is 13.1. The molecule has 13 heavy (non-hydrogen) atoms. The average molecular weight is 205 g/mol. The second kappa shape index (κ2) is 4.50. The fraction of sp³-hybridized carbons (Fsp3) is 0.375. The summed E-state index contributed by atoms with van der Waals surface area (Å²) in [4.78, 5) is 3.58. The number of hydrogen-bond acceptors (Lipinski definition) is 3. The number of halogens is 2. The van der Waals surface area contributed by atoms with E-state index in [0.29, 0.717) is 5.56 Å². The largest absolute Gasteiger partial charge is 0.383 e. The number of aromatic nitrogens is 1. The molecule has 0 saturated heterocycles. The van der Waals surface area contributed by atoms with E-state index in [0.717, 1.165) is 6.20 Å². The highest BCUT2D eigenvalue weighted by atomic mass is 35.5. The molecule has 3 nitrogen and oxygen atoms in total. The Morgan fingerprint density at radius 1 is 1.77 bits per heavy atom. The summed E-state index contributed by atoms with van der Waals surface area (Å²) in [6.07, 6.45) is 1.05. The van der Waals surface area contributed by atoms with E-state index in [4.69, 9.17) is 22.1 Å². The fourth-order valence-corrected chi connectivity index (χ4v) is 1.15. The third kappa shape index (κ3) is 2.62. The van der Waals surface area contributed by atoms with E-state index in [9.17, 15) is 4.39 Å². The molecule has 0 aliphatic carbocycles. The smallest absolute Gasteiger partial charge is 0.146 e. The third-order valence-electron chi connectivity index (χ3n) is 1.60. The first kappa shape index (κ1) is 10.4. The molecule has 0 aliphatic rings. The second-order valence-corrected chi connectivity index (χ2v) is 2.98. The van der Waals surface area contributed by atoms with E-state index < -0.39 is 11.9 Å². The monoisotopic (exact) mass is 204 g/mol. The number of nitrogens with zero attached hydrogens (tertiary/aromatic N) is 1. The molecule has 1 atom stereocenters. The highest BCUT2D eigenvalue weighted by Crippen LogP contribution is 2.17. The van der Waals surface area contributed by atoms with Crippen molar-refractivity contribution in [1.82, 2.24) is 4.98 Å². The summed E-state index contributed by atoms with van der Waals surface area (Å²) in [5.41, 5.74) is 5.94. The van der Waals surface area contributed by atoms with Crippen molar-refractivity contribution in [2.45, 2.75) is 6.04 Å². The predicted molar refractivity (Wildman–Crippen MR) is 48.0 cm³/mol. The van der Waals surface area contributed by atoms with Gasteiger partial charge in [-0.25, -0.2) is 9.37 Å². The number of pyridine rings is 1. The standard InChI is InChI=1S/C8H10ClFN2O/c1-13-4-7(11)5-2-8(9)12-3-6(5)10/h2-3,7H,4,11H2,1H3/t7-/m0/s1. The van der Waals surface area contributed by atoms with Gasteiger partial charge >= 0.3 is 0 Å². The molecule has 0 radical (unpaired) electrons. The minimum absolute atomic E-state index is 0.225. The van der Waals surface area contributed by atoms with E-state index in [1.807, 2.05) is 0 Å². The van der Waals surface area contributed by atoms with Crippen LogP contribution in [0.3, 0.4) is 0 Å². The normalized spacial score (nSPS) is 12.9. The number of rotatable bonds is 3. The van der Waals surface area contributed by atoms with Crippen molar-refractivity contribution in [3.05, 3.63) is 28.8 Å². The molecular formula is C8H10ClFN2O. The van der Waals surface area contributed by atoms with Crippen LogP contribution in [0.2, 0.25) is 5.15 Å². The molecule has 0 unspecified atom stereocenters. The molecule has 5 heteroatoms. The molecule has 1 heterocycles. The van der Waals surface area contributed by atoms with Gasteiger partial charge in [0.1, 0.15) is 11.0 Å². The summed E-state index contributed by atoms with van der Waals surface area (Å²) < 4.78 is 17.9. The van der Waals surface area contributed by atoms with Crippen LogP contribution in [-0.4, -0.2) is 18.7 Å². The molecule has 0 bridgehead atoms. The average Bonchev–Trinajstić information content (AvgIpc) is 2.09. The highest BCUT2D eigenvalue weighted by Gasteiger charge is 2.11. The predicted octanol–water partition coefficient (Wildman–Crippen LogP) is 1.52. The molecule has 0 saturated carbocycles. The Morgan fingerprint density at radius 2 is 2.46 bits per heavy atom. The minimum atomic E-state index is -0.509. The van der Waals surface area contributed by atoms with Gasteiger partial charge in [-0.15, -0.1) is 0 Å². The van der Waals surface area contributed by atoms with Gasteiger partial charge in [0.2, 0.25) is 0 Å². The molecule has 0 amide bonds. The van der Waals surface area contributed by atoms with E-state index >= 15 is 0 Å². The molecule has 1 aromatic heterocycles. The van der Waals surface area contributed by atoms with Gasteiger partial charge in [0, 0.05) is 12.7 Å². The van der Waals surface area contributed by atoms with Crippen LogP contribution in [0, 0.1) is 5.82 Å². The van der Waals surface area contributed by atoms with Gasteiger partial charge in [0.05, 0.1) is 18.8 Å². The first-order valence-electron chi connectivity index (χ1n) is 3.70. The lowest BCUT2D eigenvalue weighted by molar-refractivity contribution is 0.179. The van der Waals surface area contributed by atoms with E-state index in [-0.39, 0.29) is 11.8 Å². The quantitative estimate of drug-likeness (QED) is 0.760. The van der Waals surface area contributed by atoms with Crippen molar-refractivity contribution < 1.29 is 9.13 Å². The lowest BCUT2D eigenvalue weighted by Gasteiger charge is -2.11. The zero-order valence-electron chi connectivity index (χ0n) is 7.13. The first-order chi connectivity index (χ1) is 6.15. The molecule has 1 aromatic rings. The maximum absolute atomic E-state index is 13.1. The van der Waals surface area contributed by atoms with Crippen LogP contribution in [0.15, 0.2) is 12.3 Å². The zero-order valence-corrected chi connectivity index (χ0v) is 7.88. The van der Waals surface area contributed by atoms with Gasteiger partial charge < -0.3 is 10.5 Å². The second-order valence-electron chi connectivity index (χ2n) is 2.59. The van der Waals surface area contributed by atoms with Crippen molar-refractivity contribution in [2.75, 3.05) is 13.7 Å². The first-order valence-corrected chi connectivity index (χ1v) is 4.08. The van der Waals surface area contributed by atoms with Crippen LogP contribution < -0.4 is 5.73 Å². The van der Waals surface area contributed by atoms with Crippen molar-refractivity contribution in [3.8, 4) is 0 Å². The summed E-state index contributed by atoms with van der Waals surface area (Å²) in [7, 11) is 1.50. The topological polar surface area (TPSA) is 48.1 Å². The van der Waals surface area contributed by atoms with Gasteiger partial charge in [-0.1, -0.05) is 11.6 Å². The van der Waals surface area contributed by atoms with Crippen molar-refractivity contribution in [1.29, 1.82) is 0 Å². The Morgan fingerprint density at radius 3 is 3.08 bits per heavy atom. The number of methoxy groups -OCH3 is 1. The van der Waals surface area contributed by atoms with Gasteiger partial charge in [-0.2, -0.15) is 0 Å². The van der Waals surface area contributed by atoms with Crippen LogP contribution in [-0.2, 0) is 4.74 Å². The Labute approximate surface area is 80.7 Å². The molecule has 2 N–H and O–H groups in total. The lowest BCUT2D eigenvalue weighted by Crippen LogP contribution is -2.17. The molecule has 0 spiro atoms. The van der Waals surface area contributed by atoms with Gasteiger partial charge in [-0.3, -0.25) is 0 Å². The van der Waals surface area contributed by atoms with Crippen molar-refractivity contribution >= 4 is 11.6 Å². The van der Waals surface area contributed by atoms with Crippen LogP contribution in [0.5, 0.6) is 0 Å². The van der Waals surface area contributed by atoms with Gasteiger partial charge in [0.15, 0.2) is 0 Å². The molecule has 0 aliphatic heterocycles. The minimum Gasteiger partial charge on any atom is -0.383 e. The SMILES string of the molecule is COC[C@H](N)c1cc(Cl)ncc1F. The zero-order chi connectivity index (χ0) is 9.84. The van der Waals surface area contributed by atoms with Crippen LogP contribution in [0.25, 0.3) is 0 Å². The molecule has 72 valence electrons. The summed E-state index contributed by atoms with van der Waals surface area (Å²) in [5, 5.41) is 0.225. The van der Waals surface area contributed by atoms with E-state index in [1.165, 1.54) is 13.2 Å². The molecule has 1 rings (SSSR count). The Balaban J connectivity index is 2.91. The summed E-state index contributed by atoms with van der Waals surface area (Å²) >= 11 is 5.59. The number of nitrogens with two attached hydrogens (primary N) is 1. The summed E-state index contributed by atoms with van der Waals surface area (Å²) in [6.45, 7) is 0.247. The Kier molecular flexibility index (Phi) is 3.59. The van der Waals surface area contributed by atoms with Crippen LogP contribution >= 0.6 is 11.6 Å². The van der Waals surface area contributed by atoms with Crippen molar-refractivity contribution in [2.24, 2.45) is 5.73 Å². The lowest BCUT2D eigenvalue weighted by atomic mass is 10.1. The Hall–Kier alpha value is -0.710. The number of hydrogen-bond donors (Lipinski definition) is 1. The highest BCUT2D eigenvalue weighted by molar-refractivity contribution is 6.29. The van der Waals surface area contributed by atoms with E-state index in [1.54, 1.807) is 0 Å². The molecule has 0 aromatic carbocycles. The molecule has 0 fully saturated rings. The van der Waals surface area contributed by atoms with Gasteiger partial charge in [0.25, 0.3) is 0 Å². The maximum Gasteiger partial charge on any atom is 0.146 e. The molecular weight excluding hydrogens is 195 g/mol. The van der Waals surface area contributed by atoms with Crippen LogP contribution in [0.1, 0.15) is 11.6 Å². The van der Waals surface area contributed by atoms with Crippen molar-refractivity contribution in [3.63, 3.8) is 0 Å².